The van der Waals surface area contributed by atoms with Gasteiger partial charge in [-0.2, -0.15) is 0 Å². The summed E-state index contributed by atoms with van der Waals surface area (Å²) in [5.41, 5.74) is -1.40. The molecular formula is C18H16O8. The van der Waals surface area contributed by atoms with Gasteiger partial charge in [-0.15, -0.1) is 0 Å². The van der Waals surface area contributed by atoms with Crippen LogP contribution in [0.2, 0.25) is 0 Å². The third-order valence-corrected chi connectivity index (χ3v) is 4.73. The summed E-state index contributed by atoms with van der Waals surface area (Å²) in [5, 5.41) is 38.1. The van der Waals surface area contributed by atoms with Gasteiger partial charge in [0.1, 0.15) is 0 Å². The average molecular weight is 360 g/mol. The third kappa shape index (κ3) is 2.46. The molecule has 0 aliphatic rings. The summed E-state index contributed by atoms with van der Waals surface area (Å²) in [4.78, 5) is 47.0. The lowest BCUT2D eigenvalue weighted by Crippen LogP contribution is -2.18. The number of fused-ring (bicyclic) bond motifs is 1. The molecule has 8 heteroatoms. The molecule has 0 aliphatic heterocycles. The van der Waals surface area contributed by atoms with Crippen molar-refractivity contribution in [3.63, 3.8) is 0 Å². The monoisotopic (exact) mass is 360 g/mol. The maximum atomic E-state index is 11.9. The number of carbonyl (C=O) groups is 4. The number of aromatic carboxylic acids is 4. The predicted octanol–water partition coefficient (Wildman–Crippen LogP) is 2.87. The van der Waals surface area contributed by atoms with Crippen LogP contribution in [0.15, 0.2) is 0 Å². The molecular weight excluding hydrogens is 344 g/mol. The maximum absolute atomic E-state index is 11.9. The Balaban J connectivity index is 3.46. The smallest absolute Gasteiger partial charge is 0.337 e. The molecule has 0 aromatic heterocycles. The first-order valence-corrected chi connectivity index (χ1v) is 7.46. The van der Waals surface area contributed by atoms with Crippen LogP contribution in [0.5, 0.6) is 0 Å². The Hall–Kier alpha value is -3.42. The van der Waals surface area contributed by atoms with Crippen molar-refractivity contribution in [1.82, 2.24) is 0 Å². The van der Waals surface area contributed by atoms with E-state index in [1.165, 1.54) is 13.8 Å². The second-order valence-electron chi connectivity index (χ2n) is 5.97. The van der Waals surface area contributed by atoms with E-state index < -0.39 is 46.1 Å². The number of benzene rings is 2. The Morgan fingerprint density at radius 2 is 0.731 bits per heavy atom. The average Bonchev–Trinajstić information content (AvgIpc) is 2.51. The van der Waals surface area contributed by atoms with Crippen LogP contribution in [0.3, 0.4) is 0 Å². The topological polar surface area (TPSA) is 149 Å². The zero-order valence-electron chi connectivity index (χ0n) is 14.4. The van der Waals surface area contributed by atoms with Gasteiger partial charge in [-0.05, 0) is 55.3 Å². The Kier molecular flexibility index (Phi) is 4.47. The summed E-state index contributed by atoms with van der Waals surface area (Å²) in [6.07, 6.45) is 0. The van der Waals surface area contributed by atoms with Crippen LogP contribution in [0.1, 0.15) is 63.7 Å². The van der Waals surface area contributed by atoms with Crippen molar-refractivity contribution in [3.8, 4) is 0 Å². The number of carboxylic acids is 4. The highest BCUT2D eigenvalue weighted by atomic mass is 16.4. The zero-order valence-corrected chi connectivity index (χ0v) is 14.4. The second-order valence-corrected chi connectivity index (χ2v) is 5.97. The third-order valence-electron chi connectivity index (χ3n) is 4.73. The minimum absolute atomic E-state index is 0.185. The van der Waals surface area contributed by atoms with Crippen LogP contribution >= 0.6 is 0 Å². The summed E-state index contributed by atoms with van der Waals surface area (Å²) in [6.45, 7) is 5.97. The Bertz CT molecular complexity index is 951. The first-order chi connectivity index (χ1) is 11.9. The van der Waals surface area contributed by atoms with E-state index in [1.54, 1.807) is 13.8 Å². The zero-order chi connectivity index (χ0) is 20.1. The summed E-state index contributed by atoms with van der Waals surface area (Å²) in [6, 6.07) is 0. The van der Waals surface area contributed by atoms with E-state index in [1.807, 2.05) is 0 Å². The van der Waals surface area contributed by atoms with Gasteiger partial charge in [0.25, 0.3) is 0 Å². The molecule has 0 saturated heterocycles. The maximum Gasteiger partial charge on any atom is 0.337 e. The van der Waals surface area contributed by atoms with Gasteiger partial charge in [0, 0.05) is 5.39 Å². The molecule has 0 heterocycles. The van der Waals surface area contributed by atoms with E-state index in [9.17, 15) is 39.6 Å². The van der Waals surface area contributed by atoms with Crippen LogP contribution in [-0.2, 0) is 0 Å². The van der Waals surface area contributed by atoms with Crippen LogP contribution < -0.4 is 0 Å². The summed E-state index contributed by atoms with van der Waals surface area (Å²) in [7, 11) is 0. The molecule has 0 radical (unpaired) electrons. The van der Waals surface area contributed by atoms with Crippen molar-refractivity contribution in [3.05, 3.63) is 44.5 Å². The Labute approximate surface area is 147 Å². The van der Waals surface area contributed by atoms with Crippen LogP contribution in [0.25, 0.3) is 10.8 Å². The molecule has 2 rings (SSSR count). The molecule has 0 fully saturated rings. The van der Waals surface area contributed by atoms with Crippen LogP contribution in [0, 0.1) is 27.7 Å². The lowest BCUT2D eigenvalue weighted by Gasteiger charge is -2.21. The molecule has 8 nitrogen and oxygen atoms in total. The van der Waals surface area contributed by atoms with Gasteiger partial charge in [0.05, 0.1) is 22.3 Å². The molecule has 136 valence electrons. The number of rotatable bonds is 4. The minimum Gasteiger partial charge on any atom is -0.478 e. The van der Waals surface area contributed by atoms with Crippen molar-refractivity contribution in [2.24, 2.45) is 0 Å². The molecule has 0 bridgehead atoms. The summed E-state index contributed by atoms with van der Waals surface area (Å²) >= 11 is 0. The first kappa shape index (κ1) is 18.9. The number of hydrogen-bond donors (Lipinski definition) is 4. The molecule has 0 atom stereocenters. The highest BCUT2D eigenvalue weighted by Gasteiger charge is 2.32. The van der Waals surface area contributed by atoms with Crippen molar-refractivity contribution in [2.45, 2.75) is 27.7 Å². The SMILES string of the molecule is Cc1c(C(=O)O)c(C(=O)O)c2c(C(=O)O)c(C(=O)O)c(C)c(C)c2c1C. The van der Waals surface area contributed by atoms with E-state index in [0.29, 0.717) is 11.1 Å². The van der Waals surface area contributed by atoms with Crippen molar-refractivity contribution in [1.29, 1.82) is 0 Å². The van der Waals surface area contributed by atoms with Gasteiger partial charge >= 0.3 is 23.9 Å². The first-order valence-electron chi connectivity index (χ1n) is 7.46. The highest BCUT2D eigenvalue weighted by Crippen LogP contribution is 2.38. The van der Waals surface area contributed by atoms with E-state index in [0.717, 1.165) is 0 Å². The molecule has 0 saturated carbocycles. The molecule has 0 spiro atoms. The summed E-state index contributed by atoms with van der Waals surface area (Å²) in [5.74, 6) is -6.34. The van der Waals surface area contributed by atoms with Gasteiger partial charge in [0.15, 0.2) is 0 Å². The van der Waals surface area contributed by atoms with Gasteiger partial charge < -0.3 is 20.4 Å². The minimum atomic E-state index is -1.64. The largest absolute Gasteiger partial charge is 0.478 e. The molecule has 26 heavy (non-hydrogen) atoms. The Morgan fingerprint density at radius 3 is 0.962 bits per heavy atom. The van der Waals surface area contributed by atoms with E-state index in [4.69, 9.17) is 0 Å². The van der Waals surface area contributed by atoms with E-state index in [-0.39, 0.29) is 21.9 Å². The second kappa shape index (κ2) is 6.14. The van der Waals surface area contributed by atoms with E-state index >= 15 is 0 Å². The summed E-state index contributed by atoms with van der Waals surface area (Å²) < 4.78 is 0. The standard InChI is InChI=1S/C18H16O8/c1-5-7(3)10(15(19)20)13(17(23)24)12-9(5)6(2)8(4)11(16(21)22)14(12)18(25)26/h1-4H3,(H,19,20)(H,21,22)(H,23,24)(H,25,26). The van der Waals surface area contributed by atoms with Crippen molar-refractivity contribution >= 4 is 34.6 Å². The number of aryl methyl sites for hydroxylation is 2. The van der Waals surface area contributed by atoms with Crippen molar-refractivity contribution < 1.29 is 39.6 Å². The molecule has 0 unspecified atom stereocenters. The van der Waals surface area contributed by atoms with Crippen LogP contribution in [-0.4, -0.2) is 44.3 Å². The lowest BCUT2D eigenvalue weighted by molar-refractivity contribution is 0.0646. The molecule has 4 N–H and O–H groups in total. The molecule has 2 aromatic rings. The quantitative estimate of drug-likeness (QED) is 0.650. The number of hydrogen-bond acceptors (Lipinski definition) is 4. The number of carboxylic acid groups (broad SMARTS) is 4. The fraction of sp³-hybridized carbons (Fsp3) is 0.222. The van der Waals surface area contributed by atoms with E-state index in [2.05, 4.69) is 0 Å². The molecule has 0 amide bonds. The molecule has 2 aromatic carbocycles. The normalized spacial score (nSPS) is 10.8. The van der Waals surface area contributed by atoms with Gasteiger partial charge in [-0.25, -0.2) is 19.2 Å². The molecule has 0 aliphatic carbocycles. The highest BCUT2D eigenvalue weighted by molar-refractivity contribution is 6.22. The fourth-order valence-electron chi connectivity index (χ4n) is 3.37. The Morgan fingerprint density at radius 1 is 0.462 bits per heavy atom. The predicted molar refractivity (Wildman–Crippen MR) is 90.7 cm³/mol. The van der Waals surface area contributed by atoms with Gasteiger partial charge in [-0.3, -0.25) is 0 Å². The van der Waals surface area contributed by atoms with Gasteiger partial charge in [0.2, 0.25) is 0 Å². The fourth-order valence-corrected chi connectivity index (χ4v) is 3.37. The van der Waals surface area contributed by atoms with Crippen LogP contribution in [0.4, 0.5) is 0 Å². The van der Waals surface area contributed by atoms with Crippen molar-refractivity contribution in [2.75, 3.05) is 0 Å². The lowest BCUT2D eigenvalue weighted by atomic mass is 9.82. The van der Waals surface area contributed by atoms with Gasteiger partial charge in [-0.1, -0.05) is 0 Å².